The van der Waals surface area contributed by atoms with Crippen molar-refractivity contribution in [3.05, 3.63) is 0 Å². The summed E-state index contributed by atoms with van der Waals surface area (Å²) in [6.07, 6.45) is 5.47. The number of hydrogen-bond acceptors (Lipinski definition) is 3. The molecule has 1 saturated heterocycles. The predicted molar refractivity (Wildman–Crippen MR) is 72.9 cm³/mol. The minimum Gasteiger partial charge on any atom is -0.329 e. The molecule has 1 unspecified atom stereocenters. The van der Waals surface area contributed by atoms with Gasteiger partial charge in [0.05, 0.1) is 0 Å². The van der Waals surface area contributed by atoms with Crippen molar-refractivity contribution in [2.45, 2.75) is 51.1 Å². The molecule has 0 aromatic carbocycles. The number of rotatable bonds is 5. The van der Waals surface area contributed by atoms with Crippen molar-refractivity contribution in [1.29, 1.82) is 0 Å². The van der Waals surface area contributed by atoms with Crippen LogP contribution in [0.4, 0.5) is 0 Å². The lowest BCUT2D eigenvalue weighted by Gasteiger charge is -2.46. The topological polar surface area (TPSA) is 29.3 Å². The molecule has 16 heavy (non-hydrogen) atoms. The van der Waals surface area contributed by atoms with Crippen LogP contribution < -0.4 is 5.73 Å². The Morgan fingerprint density at radius 1 is 1.44 bits per heavy atom. The van der Waals surface area contributed by atoms with E-state index in [-0.39, 0.29) is 0 Å². The molecule has 2 aliphatic rings. The average Bonchev–Trinajstić information content (AvgIpc) is 3.10. The van der Waals surface area contributed by atoms with Gasteiger partial charge in [-0.1, -0.05) is 13.8 Å². The maximum absolute atomic E-state index is 6.13. The molecule has 3 heteroatoms. The zero-order valence-corrected chi connectivity index (χ0v) is 11.6. The molecule has 0 radical (unpaired) electrons. The summed E-state index contributed by atoms with van der Waals surface area (Å²) in [5, 5.41) is 0. The SMILES string of the molecule is CC(C)CN(C1CC1)C1(CN)CCCSC1. The van der Waals surface area contributed by atoms with Crippen molar-refractivity contribution in [2.75, 3.05) is 24.6 Å². The zero-order chi connectivity index (χ0) is 11.6. The highest BCUT2D eigenvalue weighted by atomic mass is 32.2. The van der Waals surface area contributed by atoms with Gasteiger partial charge in [-0.2, -0.15) is 11.8 Å². The molecule has 94 valence electrons. The lowest BCUT2D eigenvalue weighted by atomic mass is 9.91. The van der Waals surface area contributed by atoms with E-state index in [1.165, 1.54) is 43.7 Å². The van der Waals surface area contributed by atoms with Crippen molar-refractivity contribution in [1.82, 2.24) is 4.90 Å². The van der Waals surface area contributed by atoms with Gasteiger partial charge in [0.1, 0.15) is 0 Å². The largest absolute Gasteiger partial charge is 0.329 e. The molecule has 1 saturated carbocycles. The second kappa shape index (κ2) is 5.28. The molecule has 1 heterocycles. The molecule has 2 rings (SSSR count). The first kappa shape index (κ1) is 12.7. The van der Waals surface area contributed by atoms with Gasteiger partial charge in [0.25, 0.3) is 0 Å². The van der Waals surface area contributed by atoms with E-state index in [0.29, 0.717) is 5.54 Å². The summed E-state index contributed by atoms with van der Waals surface area (Å²) in [6, 6.07) is 0.852. The summed E-state index contributed by atoms with van der Waals surface area (Å²) >= 11 is 2.11. The smallest absolute Gasteiger partial charge is 0.0425 e. The number of hydrogen-bond donors (Lipinski definition) is 1. The standard InChI is InChI=1S/C13H26N2S/c1-11(2)8-15(12-4-5-12)13(9-14)6-3-7-16-10-13/h11-12H,3-10,14H2,1-2H3. The summed E-state index contributed by atoms with van der Waals surface area (Å²) < 4.78 is 0. The van der Waals surface area contributed by atoms with Crippen LogP contribution in [0, 0.1) is 5.92 Å². The van der Waals surface area contributed by atoms with Crippen LogP contribution in [-0.4, -0.2) is 41.1 Å². The third-order valence-electron chi connectivity index (χ3n) is 3.84. The first-order chi connectivity index (χ1) is 7.68. The molecule has 2 N–H and O–H groups in total. The molecule has 1 atom stereocenters. The molecular formula is C13H26N2S. The molecule has 0 aromatic rings. The van der Waals surface area contributed by atoms with Gasteiger partial charge < -0.3 is 5.73 Å². The molecule has 0 spiro atoms. The van der Waals surface area contributed by atoms with Crippen molar-refractivity contribution in [2.24, 2.45) is 11.7 Å². The first-order valence-electron chi connectivity index (χ1n) is 6.72. The zero-order valence-electron chi connectivity index (χ0n) is 10.7. The van der Waals surface area contributed by atoms with Gasteiger partial charge in [-0.3, -0.25) is 4.90 Å². The van der Waals surface area contributed by atoms with E-state index >= 15 is 0 Å². The Kier molecular flexibility index (Phi) is 4.20. The van der Waals surface area contributed by atoms with E-state index < -0.39 is 0 Å². The van der Waals surface area contributed by atoms with E-state index in [1.807, 2.05) is 0 Å². The summed E-state index contributed by atoms with van der Waals surface area (Å²) in [4.78, 5) is 2.77. The van der Waals surface area contributed by atoms with Crippen LogP contribution in [0.2, 0.25) is 0 Å². The van der Waals surface area contributed by atoms with Crippen molar-refractivity contribution in [3.63, 3.8) is 0 Å². The highest BCUT2D eigenvalue weighted by molar-refractivity contribution is 7.99. The second-order valence-electron chi connectivity index (χ2n) is 5.86. The van der Waals surface area contributed by atoms with Crippen LogP contribution in [0.5, 0.6) is 0 Å². The van der Waals surface area contributed by atoms with Gasteiger partial charge in [0.2, 0.25) is 0 Å². The van der Waals surface area contributed by atoms with Gasteiger partial charge in [-0.15, -0.1) is 0 Å². The summed E-state index contributed by atoms with van der Waals surface area (Å²) in [6.45, 7) is 6.75. The number of nitrogens with two attached hydrogens (primary N) is 1. The second-order valence-corrected chi connectivity index (χ2v) is 6.97. The Bertz CT molecular complexity index is 220. The van der Waals surface area contributed by atoms with Crippen LogP contribution in [-0.2, 0) is 0 Å². The maximum atomic E-state index is 6.13. The Morgan fingerprint density at radius 2 is 2.19 bits per heavy atom. The van der Waals surface area contributed by atoms with Crippen molar-refractivity contribution >= 4 is 11.8 Å². The first-order valence-corrected chi connectivity index (χ1v) is 7.88. The lowest BCUT2D eigenvalue weighted by molar-refractivity contribution is 0.0798. The van der Waals surface area contributed by atoms with Gasteiger partial charge >= 0.3 is 0 Å². The van der Waals surface area contributed by atoms with E-state index in [1.54, 1.807) is 0 Å². The van der Waals surface area contributed by atoms with E-state index in [9.17, 15) is 0 Å². The Hall–Kier alpha value is 0.270. The summed E-state index contributed by atoms with van der Waals surface area (Å²) in [5.74, 6) is 3.35. The van der Waals surface area contributed by atoms with Gasteiger partial charge in [-0.25, -0.2) is 0 Å². The number of nitrogens with zero attached hydrogens (tertiary/aromatic N) is 1. The molecule has 0 aromatic heterocycles. The average molecular weight is 242 g/mol. The van der Waals surface area contributed by atoms with Crippen molar-refractivity contribution in [3.8, 4) is 0 Å². The molecule has 2 fully saturated rings. The van der Waals surface area contributed by atoms with Crippen LogP contribution >= 0.6 is 11.8 Å². The predicted octanol–water partition coefficient (Wildman–Crippen LogP) is 2.33. The molecule has 1 aliphatic carbocycles. The molecular weight excluding hydrogens is 216 g/mol. The van der Waals surface area contributed by atoms with E-state index in [0.717, 1.165) is 18.5 Å². The van der Waals surface area contributed by atoms with Crippen LogP contribution in [0.3, 0.4) is 0 Å². The van der Waals surface area contributed by atoms with Gasteiger partial charge in [0, 0.05) is 30.4 Å². The fourth-order valence-electron chi connectivity index (χ4n) is 2.85. The fraction of sp³-hybridized carbons (Fsp3) is 1.00. The highest BCUT2D eigenvalue weighted by Crippen LogP contribution is 2.39. The lowest BCUT2D eigenvalue weighted by Crippen LogP contribution is -2.58. The third-order valence-corrected chi connectivity index (χ3v) is 5.16. The minimum atomic E-state index is 0.328. The van der Waals surface area contributed by atoms with E-state index in [2.05, 4.69) is 30.5 Å². The van der Waals surface area contributed by atoms with Crippen LogP contribution in [0.15, 0.2) is 0 Å². The van der Waals surface area contributed by atoms with E-state index in [4.69, 9.17) is 5.73 Å². The van der Waals surface area contributed by atoms with Gasteiger partial charge in [-0.05, 0) is 37.4 Å². The minimum absolute atomic E-state index is 0.328. The van der Waals surface area contributed by atoms with Crippen LogP contribution in [0.1, 0.15) is 39.5 Å². The Morgan fingerprint density at radius 3 is 2.62 bits per heavy atom. The number of thioether (sulfide) groups is 1. The summed E-state index contributed by atoms with van der Waals surface area (Å²) in [5.41, 5.74) is 6.45. The Balaban J connectivity index is 2.07. The van der Waals surface area contributed by atoms with Crippen LogP contribution in [0.25, 0.3) is 0 Å². The maximum Gasteiger partial charge on any atom is 0.0425 e. The third kappa shape index (κ3) is 2.74. The highest BCUT2D eigenvalue weighted by Gasteiger charge is 2.44. The normalized spacial score (nSPS) is 31.3. The van der Waals surface area contributed by atoms with Crippen molar-refractivity contribution < 1.29 is 0 Å². The molecule has 0 amide bonds. The quantitative estimate of drug-likeness (QED) is 0.802. The molecule has 2 nitrogen and oxygen atoms in total. The summed E-state index contributed by atoms with van der Waals surface area (Å²) in [7, 11) is 0. The molecule has 0 bridgehead atoms. The van der Waals surface area contributed by atoms with Gasteiger partial charge in [0.15, 0.2) is 0 Å². The monoisotopic (exact) mass is 242 g/mol. The Labute approximate surface area is 104 Å². The fourth-order valence-corrected chi connectivity index (χ4v) is 4.15. The molecule has 1 aliphatic heterocycles.